The van der Waals surface area contributed by atoms with Gasteiger partial charge in [-0.2, -0.15) is 0 Å². The molecule has 46 heavy (non-hydrogen) atoms. The number of aliphatic hydroxyl groups excluding tert-OH is 7. The quantitative estimate of drug-likeness (QED) is 0.0773. The predicted molar refractivity (Wildman–Crippen MR) is 151 cm³/mol. The van der Waals surface area contributed by atoms with E-state index in [9.17, 15) is 35.7 Å². The number of hydrogen-bond donors (Lipinski definition) is 7. The topological polar surface area (TPSA) is 243 Å². The van der Waals surface area contributed by atoms with Crippen LogP contribution in [0.1, 0.15) is 13.8 Å². The minimum absolute atomic E-state index is 0.0378. The van der Waals surface area contributed by atoms with E-state index in [1.807, 2.05) is 0 Å². The summed E-state index contributed by atoms with van der Waals surface area (Å²) < 4.78 is 62.4. The smallest absolute Gasteiger partial charge is 0.187 e. The Balaban J connectivity index is 1.88. The summed E-state index contributed by atoms with van der Waals surface area (Å²) in [6.07, 6.45) is -21.8. The van der Waals surface area contributed by atoms with Crippen LogP contribution >= 0.6 is 0 Å². The zero-order valence-corrected chi connectivity index (χ0v) is 27.0. The van der Waals surface area contributed by atoms with Crippen molar-refractivity contribution < 1.29 is 87.9 Å². The SMILES string of the molecule is COCC1O[C@@H](O[C@H]2C(O)C(O)[C@H](O)O[C@H]2COC)C(OCC(C)OC)[C@@H](O)[C@@H]1O[C@@H]1O[C@@H](COCC(C)O)[C@@H](O)C(O)C1OC. The van der Waals surface area contributed by atoms with Crippen LogP contribution in [0.4, 0.5) is 0 Å². The molecule has 0 amide bonds. The fourth-order valence-electron chi connectivity index (χ4n) is 5.42. The maximum atomic E-state index is 11.7. The summed E-state index contributed by atoms with van der Waals surface area (Å²) >= 11 is 0. The number of aliphatic hydroxyl groups is 7. The lowest BCUT2D eigenvalue weighted by atomic mass is 9.95. The lowest BCUT2D eigenvalue weighted by molar-refractivity contribution is -0.383. The van der Waals surface area contributed by atoms with Crippen LogP contribution in [0.15, 0.2) is 0 Å². The Morgan fingerprint density at radius 2 is 1.13 bits per heavy atom. The van der Waals surface area contributed by atoms with Crippen LogP contribution in [0.25, 0.3) is 0 Å². The third-order valence-electron chi connectivity index (χ3n) is 8.00. The van der Waals surface area contributed by atoms with Crippen LogP contribution < -0.4 is 0 Å². The van der Waals surface area contributed by atoms with Gasteiger partial charge in [0, 0.05) is 28.4 Å². The van der Waals surface area contributed by atoms with Crippen molar-refractivity contribution >= 4 is 0 Å². The van der Waals surface area contributed by atoms with Crippen LogP contribution in [0.5, 0.6) is 0 Å². The van der Waals surface area contributed by atoms with Crippen LogP contribution in [-0.4, -0.2) is 202 Å². The van der Waals surface area contributed by atoms with Crippen molar-refractivity contribution in [3.8, 4) is 0 Å². The Kier molecular flexibility index (Phi) is 16.3. The molecule has 3 fully saturated rings. The van der Waals surface area contributed by atoms with Crippen molar-refractivity contribution in [1.29, 1.82) is 0 Å². The van der Waals surface area contributed by atoms with E-state index in [1.165, 1.54) is 35.4 Å². The predicted octanol–water partition coefficient (Wildman–Crippen LogP) is -4.15. The molecule has 3 rings (SSSR count). The summed E-state index contributed by atoms with van der Waals surface area (Å²) in [5.41, 5.74) is 0. The van der Waals surface area contributed by atoms with E-state index in [0.717, 1.165) is 0 Å². The Bertz CT molecular complexity index is 855. The highest BCUT2D eigenvalue weighted by molar-refractivity contribution is 4.97. The van der Waals surface area contributed by atoms with E-state index in [0.29, 0.717) is 0 Å². The molecule has 0 saturated carbocycles. The Labute approximate surface area is 267 Å². The molecule has 7 N–H and O–H groups in total. The number of ether oxygens (including phenoxy) is 11. The number of methoxy groups -OCH3 is 4. The highest BCUT2D eigenvalue weighted by atomic mass is 16.8. The molecule has 3 heterocycles. The molecule has 0 aromatic heterocycles. The van der Waals surface area contributed by atoms with Crippen LogP contribution in [0.2, 0.25) is 0 Å². The van der Waals surface area contributed by atoms with Gasteiger partial charge in [0.2, 0.25) is 0 Å². The van der Waals surface area contributed by atoms with Crippen molar-refractivity contribution in [3.05, 3.63) is 0 Å². The monoisotopic (exact) mass is 676 g/mol. The average Bonchev–Trinajstić information content (AvgIpc) is 3.01. The van der Waals surface area contributed by atoms with Crippen molar-refractivity contribution in [3.63, 3.8) is 0 Å². The van der Waals surface area contributed by atoms with Crippen molar-refractivity contribution in [1.82, 2.24) is 0 Å². The molecule has 0 bridgehead atoms. The Morgan fingerprint density at radius 1 is 0.587 bits per heavy atom. The number of rotatable bonds is 17. The van der Waals surface area contributed by atoms with Gasteiger partial charge in [-0.1, -0.05) is 0 Å². The normalized spacial score (nSPS) is 43.4. The first-order chi connectivity index (χ1) is 21.9. The largest absolute Gasteiger partial charge is 0.391 e. The van der Waals surface area contributed by atoms with Gasteiger partial charge in [-0.3, -0.25) is 0 Å². The molecule has 17 atom stereocenters. The van der Waals surface area contributed by atoms with Gasteiger partial charge in [-0.25, -0.2) is 0 Å². The van der Waals surface area contributed by atoms with E-state index in [-0.39, 0.29) is 33.0 Å². The van der Waals surface area contributed by atoms with Gasteiger partial charge in [0.05, 0.1) is 45.2 Å². The second-order valence-corrected chi connectivity index (χ2v) is 11.6. The fraction of sp³-hybridized carbons (Fsp3) is 1.00. The molecule has 0 aliphatic carbocycles. The van der Waals surface area contributed by atoms with Gasteiger partial charge < -0.3 is 87.9 Å². The second kappa shape index (κ2) is 18.9. The van der Waals surface area contributed by atoms with E-state index in [1.54, 1.807) is 6.92 Å². The summed E-state index contributed by atoms with van der Waals surface area (Å²) in [4.78, 5) is 0. The minimum atomic E-state index is -1.72. The van der Waals surface area contributed by atoms with E-state index < -0.39 is 104 Å². The first-order valence-electron chi connectivity index (χ1n) is 15.1. The molecular formula is C28H52O18. The van der Waals surface area contributed by atoms with Crippen molar-refractivity contribution in [2.45, 2.75) is 118 Å². The van der Waals surface area contributed by atoms with Crippen LogP contribution in [0.3, 0.4) is 0 Å². The van der Waals surface area contributed by atoms with E-state index in [2.05, 4.69) is 0 Å². The molecule has 272 valence electrons. The highest BCUT2D eigenvalue weighted by Gasteiger charge is 2.54. The van der Waals surface area contributed by atoms with Gasteiger partial charge in [0.15, 0.2) is 18.9 Å². The molecule has 0 aromatic carbocycles. The molecule has 3 aliphatic rings. The first kappa shape index (κ1) is 39.7. The van der Waals surface area contributed by atoms with Gasteiger partial charge in [0.25, 0.3) is 0 Å². The highest BCUT2D eigenvalue weighted by Crippen LogP contribution is 2.34. The van der Waals surface area contributed by atoms with Gasteiger partial charge in [-0.05, 0) is 13.8 Å². The summed E-state index contributed by atoms with van der Waals surface area (Å²) in [6, 6.07) is 0. The third-order valence-corrected chi connectivity index (χ3v) is 8.00. The van der Waals surface area contributed by atoms with Gasteiger partial charge in [0.1, 0.15) is 73.2 Å². The molecule has 8 unspecified atom stereocenters. The third kappa shape index (κ3) is 9.93. The summed E-state index contributed by atoms with van der Waals surface area (Å²) in [5, 5.41) is 73.9. The van der Waals surface area contributed by atoms with E-state index in [4.69, 9.17) is 52.1 Å². The lowest BCUT2D eigenvalue weighted by Crippen LogP contribution is -2.67. The first-order valence-corrected chi connectivity index (χ1v) is 15.1. The Hall–Kier alpha value is -0.720. The fourth-order valence-corrected chi connectivity index (χ4v) is 5.42. The van der Waals surface area contributed by atoms with Crippen LogP contribution in [0, 0.1) is 0 Å². The summed E-state index contributed by atoms with van der Waals surface area (Å²) in [6.45, 7) is 2.69. The molecule has 0 radical (unpaired) electrons. The molecule has 0 aromatic rings. The van der Waals surface area contributed by atoms with Crippen molar-refractivity contribution in [2.24, 2.45) is 0 Å². The maximum Gasteiger partial charge on any atom is 0.187 e. The molecule has 18 nitrogen and oxygen atoms in total. The van der Waals surface area contributed by atoms with Crippen LogP contribution in [-0.2, 0) is 52.1 Å². The maximum absolute atomic E-state index is 11.7. The zero-order valence-electron chi connectivity index (χ0n) is 27.0. The lowest BCUT2D eigenvalue weighted by Gasteiger charge is -2.49. The number of hydrogen-bond acceptors (Lipinski definition) is 18. The molecule has 3 saturated heterocycles. The standard InChI is InChI=1S/C28H52O18/c1-12(29)7-40-11-14-17(30)18(31)24(39-6)27(43-14)46-23-16(10-37-4)44-28(25(21(23)34)41-8-13(2)38-5)45-22-15(9-36-3)42-26(35)20(33)19(22)32/h12-35H,7-11H2,1-6H3/t12?,13?,14-,15-,16?,17+,18?,19?,20?,21-,22+,23+,24?,25?,26+,27-,28-/m0/s1. The average molecular weight is 677 g/mol. The van der Waals surface area contributed by atoms with Crippen molar-refractivity contribution in [2.75, 3.05) is 61.5 Å². The summed E-state index contributed by atoms with van der Waals surface area (Å²) in [5.74, 6) is 0. The van der Waals surface area contributed by atoms with E-state index >= 15 is 0 Å². The zero-order chi connectivity index (χ0) is 34.1. The molecule has 18 heteroatoms. The van der Waals surface area contributed by atoms with Gasteiger partial charge in [-0.15, -0.1) is 0 Å². The summed E-state index contributed by atoms with van der Waals surface area (Å²) in [7, 11) is 5.52. The minimum Gasteiger partial charge on any atom is -0.391 e. The molecular weight excluding hydrogens is 624 g/mol. The Morgan fingerprint density at radius 3 is 1.70 bits per heavy atom. The molecule has 0 spiro atoms. The molecule has 3 aliphatic heterocycles. The van der Waals surface area contributed by atoms with Gasteiger partial charge >= 0.3 is 0 Å². The second-order valence-electron chi connectivity index (χ2n) is 11.6.